The zero-order valence-electron chi connectivity index (χ0n) is 23.5. The second kappa shape index (κ2) is 13.5. The quantitative estimate of drug-likeness (QED) is 0.220. The van der Waals surface area contributed by atoms with Gasteiger partial charge in [0.05, 0.1) is 6.26 Å². The number of pyridine rings is 1. The van der Waals surface area contributed by atoms with E-state index in [1.54, 1.807) is 24.3 Å². The van der Waals surface area contributed by atoms with Gasteiger partial charge >= 0.3 is 0 Å². The van der Waals surface area contributed by atoms with E-state index in [0.717, 1.165) is 55.5 Å². The maximum absolute atomic E-state index is 12.5. The van der Waals surface area contributed by atoms with Gasteiger partial charge in [-0.3, -0.25) is 14.4 Å². The van der Waals surface area contributed by atoms with Crippen LogP contribution in [0.1, 0.15) is 34.3 Å². The van der Waals surface area contributed by atoms with Gasteiger partial charge in [0.15, 0.2) is 0 Å². The molecule has 0 unspecified atom stereocenters. The highest BCUT2D eigenvalue weighted by molar-refractivity contribution is 7.92. The summed E-state index contributed by atoms with van der Waals surface area (Å²) < 4.78 is 30.9. The Labute approximate surface area is 247 Å². The smallest absolute Gasteiger partial charge is 0.251 e. The Bertz CT molecular complexity index is 1550. The van der Waals surface area contributed by atoms with Gasteiger partial charge in [0, 0.05) is 61.4 Å². The number of aromatic nitrogens is 1. The number of hydrogen-bond donors (Lipinski definition) is 3. The molecule has 9 nitrogen and oxygen atoms in total. The van der Waals surface area contributed by atoms with Crippen LogP contribution < -0.4 is 20.1 Å². The molecule has 0 atom stereocenters. The first-order chi connectivity index (χ1) is 20.3. The molecule has 0 aliphatic carbocycles. The molecule has 10 heteroatoms. The Morgan fingerprint density at radius 2 is 1.57 bits per heavy atom. The minimum absolute atomic E-state index is 0.0778. The van der Waals surface area contributed by atoms with Crippen molar-refractivity contribution in [2.24, 2.45) is 0 Å². The van der Waals surface area contributed by atoms with Crippen LogP contribution in [0, 0.1) is 0 Å². The largest absolute Gasteiger partial charge is 0.439 e. The molecular formula is C32H35N5O4S. The molecule has 42 heavy (non-hydrogen) atoms. The molecule has 0 bridgehead atoms. The van der Waals surface area contributed by atoms with E-state index in [0.29, 0.717) is 35.5 Å². The highest BCUT2D eigenvalue weighted by Crippen LogP contribution is 2.23. The highest BCUT2D eigenvalue weighted by atomic mass is 32.2. The summed E-state index contributed by atoms with van der Waals surface area (Å²) in [6.45, 7) is 3.28. The zero-order valence-corrected chi connectivity index (χ0v) is 24.3. The molecule has 2 heterocycles. The first-order valence-corrected chi connectivity index (χ1v) is 15.8. The highest BCUT2D eigenvalue weighted by Gasteiger charge is 2.19. The average Bonchev–Trinajstić information content (AvgIpc) is 2.99. The van der Waals surface area contributed by atoms with E-state index < -0.39 is 10.0 Å². The molecule has 1 fully saturated rings. The lowest BCUT2D eigenvalue weighted by molar-refractivity contribution is 0.0951. The van der Waals surface area contributed by atoms with E-state index in [4.69, 9.17) is 4.74 Å². The van der Waals surface area contributed by atoms with Crippen molar-refractivity contribution >= 4 is 27.3 Å². The topological polar surface area (TPSA) is 113 Å². The number of ether oxygens (including phenoxy) is 1. The summed E-state index contributed by atoms with van der Waals surface area (Å²) in [5.74, 6) is 0.973. The monoisotopic (exact) mass is 585 g/mol. The number of nitrogens with one attached hydrogen (secondary N) is 3. The molecule has 1 aromatic heterocycles. The summed E-state index contributed by atoms with van der Waals surface area (Å²) in [6.07, 6.45) is 4.99. The minimum atomic E-state index is -3.32. The van der Waals surface area contributed by atoms with Crippen LogP contribution in [0.5, 0.6) is 11.6 Å². The number of hydrogen-bond acceptors (Lipinski definition) is 7. The van der Waals surface area contributed by atoms with Crippen molar-refractivity contribution in [1.82, 2.24) is 15.2 Å². The van der Waals surface area contributed by atoms with E-state index in [2.05, 4.69) is 25.2 Å². The maximum atomic E-state index is 12.5. The number of sulfonamides is 1. The summed E-state index contributed by atoms with van der Waals surface area (Å²) in [6, 6.07) is 28.5. The molecule has 0 spiro atoms. The van der Waals surface area contributed by atoms with Gasteiger partial charge in [0.2, 0.25) is 15.9 Å². The number of likely N-dealkylation sites (tertiary alicyclic amines) is 1. The predicted molar refractivity (Wildman–Crippen MR) is 165 cm³/mol. The predicted octanol–water partition coefficient (Wildman–Crippen LogP) is 5.25. The standard InChI is InChI=1S/C32H35N5O4S/c1-42(39,40)36-29-12-14-30(15-13-29)41-31-16-7-25(22-33-31)23-37-19-17-28(18-20-37)35-27-10-8-26(9-11-27)32(38)34-21-24-5-3-2-4-6-24/h2-16,22,28,35-36H,17-21,23H2,1H3,(H,34,38). The lowest BCUT2D eigenvalue weighted by atomic mass is 10.0. The molecule has 1 saturated heterocycles. The van der Waals surface area contributed by atoms with Gasteiger partial charge in [-0.05, 0) is 72.5 Å². The van der Waals surface area contributed by atoms with Crippen LogP contribution in [-0.2, 0) is 23.1 Å². The van der Waals surface area contributed by atoms with Crippen LogP contribution in [0.2, 0.25) is 0 Å². The van der Waals surface area contributed by atoms with Crippen molar-refractivity contribution in [3.8, 4) is 11.6 Å². The zero-order chi connectivity index (χ0) is 29.4. The lowest BCUT2D eigenvalue weighted by Gasteiger charge is -2.32. The van der Waals surface area contributed by atoms with E-state index in [-0.39, 0.29) is 5.91 Å². The van der Waals surface area contributed by atoms with E-state index in [9.17, 15) is 13.2 Å². The van der Waals surface area contributed by atoms with Crippen LogP contribution >= 0.6 is 0 Å². The second-order valence-electron chi connectivity index (χ2n) is 10.4. The Balaban J connectivity index is 1.03. The van der Waals surface area contributed by atoms with Gasteiger partial charge in [-0.2, -0.15) is 0 Å². The SMILES string of the molecule is CS(=O)(=O)Nc1ccc(Oc2ccc(CN3CCC(Nc4ccc(C(=O)NCc5ccccc5)cc4)CC3)cn2)cc1. The maximum Gasteiger partial charge on any atom is 0.251 e. The summed E-state index contributed by atoms with van der Waals surface area (Å²) in [5.41, 5.74) is 4.33. The van der Waals surface area contributed by atoms with E-state index in [1.165, 1.54) is 0 Å². The van der Waals surface area contributed by atoms with Gasteiger partial charge in [-0.15, -0.1) is 0 Å². The van der Waals surface area contributed by atoms with Gasteiger partial charge in [0.1, 0.15) is 5.75 Å². The van der Waals surface area contributed by atoms with Gasteiger partial charge in [0.25, 0.3) is 5.91 Å². The Kier molecular flexibility index (Phi) is 9.35. The number of piperidine rings is 1. The van der Waals surface area contributed by atoms with Crippen LogP contribution in [0.15, 0.2) is 97.2 Å². The number of carbonyl (C=O) groups excluding carboxylic acids is 1. The molecule has 1 aliphatic heterocycles. The third-order valence-corrected chi connectivity index (χ3v) is 7.59. The average molecular weight is 586 g/mol. The number of nitrogens with zero attached hydrogens (tertiary/aromatic N) is 2. The summed E-state index contributed by atoms with van der Waals surface area (Å²) in [7, 11) is -3.32. The molecule has 0 saturated carbocycles. The van der Waals surface area contributed by atoms with Crippen molar-refractivity contribution in [3.63, 3.8) is 0 Å². The lowest BCUT2D eigenvalue weighted by Crippen LogP contribution is -2.38. The molecular weight excluding hydrogens is 550 g/mol. The summed E-state index contributed by atoms with van der Waals surface area (Å²) in [4.78, 5) is 19.3. The number of carbonyl (C=O) groups is 1. The van der Waals surface area contributed by atoms with Gasteiger partial charge in [-0.25, -0.2) is 13.4 Å². The third-order valence-electron chi connectivity index (χ3n) is 6.99. The van der Waals surface area contributed by atoms with E-state index in [1.807, 2.05) is 72.9 Å². The number of rotatable bonds is 11. The minimum Gasteiger partial charge on any atom is -0.439 e. The van der Waals surface area contributed by atoms with Gasteiger partial charge in [-0.1, -0.05) is 36.4 Å². The van der Waals surface area contributed by atoms with Crippen LogP contribution in [-0.4, -0.2) is 49.6 Å². The molecule has 0 radical (unpaired) electrons. The number of anilines is 2. The van der Waals surface area contributed by atoms with Crippen molar-refractivity contribution in [1.29, 1.82) is 0 Å². The second-order valence-corrected chi connectivity index (χ2v) is 12.2. The molecule has 1 amide bonds. The molecule has 4 aromatic rings. The molecule has 218 valence electrons. The number of benzene rings is 3. The first kappa shape index (κ1) is 29.1. The molecule has 3 N–H and O–H groups in total. The number of amides is 1. The van der Waals surface area contributed by atoms with Crippen molar-refractivity contribution in [2.45, 2.75) is 32.0 Å². The Morgan fingerprint density at radius 3 is 2.21 bits per heavy atom. The fraction of sp³-hybridized carbons (Fsp3) is 0.250. The van der Waals surface area contributed by atoms with E-state index >= 15 is 0 Å². The Hall–Kier alpha value is -4.41. The molecule has 3 aromatic carbocycles. The first-order valence-electron chi connectivity index (χ1n) is 13.9. The van der Waals surface area contributed by atoms with Crippen LogP contribution in [0.4, 0.5) is 11.4 Å². The van der Waals surface area contributed by atoms with Crippen LogP contribution in [0.25, 0.3) is 0 Å². The normalized spacial score (nSPS) is 14.2. The van der Waals surface area contributed by atoms with Crippen molar-refractivity contribution in [2.75, 3.05) is 29.4 Å². The molecule has 1 aliphatic rings. The third kappa shape index (κ3) is 8.79. The summed E-state index contributed by atoms with van der Waals surface area (Å²) >= 11 is 0. The van der Waals surface area contributed by atoms with Crippen LogP contribution in [0.3, 0.4) is 0 Å². The summed E-state index contributed by atoms with van der Waals surface area (Å²) in [5, 5.41) is 6.58. The Morgan fingerprint density at radius 1 is 0.881 bits per heavy atom. The fourth-order valence-electron chi connectivity index (χ4n) is 4.82. The fourth-order valence-corrected chi connectivity index (χ4v) is 5.38. The van der Waals surface area contributed by atoms with Crippen molar-refractivity contribution < 1.29 is 17.9 Å². The van der Waals surface area contributed by atoms with Gasteiger partial charge < -0.3 is 15.4 Å². The van der Waals surface area contributed by atoms with Crippen molar-refractivity contribution in [3.05, 3.63) is 114 Å². The molecule has 5 rings (SSSR count).